The number of nitrogens with zero attached hydrogens (tertiary/aromatic N) is 1. The summed E-state index contributed by atoms with van der Waals surface area (Å²) in [6, 6.07) is 0. The van der Waals surface area contributed by atoms with Crippen LogP contribution in [-0.2, 0) is 9.63 Å². The van der Waals surface area contributed by atoms with E-state index < -0.39 is 0 Å². The highest BCUT2D eigenvalue weighted by Crippen LogP contribution is 2.38. The van der Waals surface area contributed by atoms with Gasteiger partial charge in [0, 0.05) is 13.5 Å². The Balaban J connectivity index is 2.15. The molecule has 13 heavy (non-hydrogen) atoms. The zero-order chi connectivity index (χ0) is 9.42. The van der Waals surface area contributed by atoms with Crippen molar-refractivity contribution in [2.75, 3.05) is 7.05 Å². The molecule has 0 N–H and O–H groups in total. The fourth-order valence-electron chi connectivity index (χ4n) is 1.74. The minimum absolute atomic E-state index is 0.0741. The van der Waals surface area contributed by atoms with Crippen LogP contribution in [-0.4, -0.2) is 18.1 Å². The number of hydrogen-bond donors (Lipinski definition) is 0. The molecule has 72 valence electrons. The van der Waals surface area contributed by atoms with Crippen molar-refractivity contribution < 1.29 is 9.63 Å². The second-order valence-electron chi connectivity index (χ2n) is 3.77. The highest BCUT2D eigenvalue weighted by molar-refractivity contribution is 5.73. The lowest BCUT2D eigenvalue weighted by molar-refractivity contribution is -0.190. The molecule has 1 aliphatic carbocycles. The van der Waals surface area contributed by atoms with Crippen molar-refractivity contribution in [1.82, 2.24) is 5.06 Å². The van der Waals surface area contributed by atoms with Crippen molar-refractivity contribution in [3.8, 4) is 0 Å². The highest BCUT2D eigenvalue weighted by atomic mass is 16.7. The Kier molecular flexibility index (Phi) is 2.02. The number of hydrogen-bond acceptors (Lipinski definition) is 3. The van der Waals surface area contributed by atoms with Crippen LogP contribution < -0.4 is 0 Å². The van der Waals surface area contributed by atoms with Gasteiger partial charge in [0.25, 0.3) is 0 Å². The highest BCUT2D eigenvalue weighted by Gasteiger charge is 2.33. The lowest BCUT2D eigenvalue weighted by atomic mass is 9.99. The molecule has 0 aromatic rings. The molecular formula is C10H15NO2. The molecule has 0 amide bonds. The first-order valence-corrected chi connectivity index (χ1v) is 4.88. The van der Waals surface area contributed by atoms with Crippen molar-refractivity contribution in [1.29, 1.82) is 0 Å². The molecule has 1 atom stereocenters. The molecule has 0 spiro atoms. The molecule has 1 aliphatic heterocycles. The molecule has 2 aliphatic rings. The molecule has 3 nitrogen and oxygen atoms in total. The first-order chi connectivity index (χ1) is 6.22. The van der Waals surface area contributed by atoms with Gasteiger partial charge in [0.15, 0.2) is 0 Å². The van der Waals surface area contributed by atoms with Crippen LogP contribution in [0, 0.1) is 5.92 Å². The third-order valence-corrected chi connectivity index (χ3v) is 2.78. The maximum absolute atomic E-state index is 11.3. The third-order valence-electron chi connectivity index (χ3n) is 2.78. The van der Waals surface area contributed by atoms with Crippen molar-refractivity contribution in [3.63, 3.8) is 0 Å². The van der Waals surface area contributed by atoms with E-state index in [0.717, 1.165) is 12.8 Å². The summed E-state index contributed by atoms with van der Waals surface area (Å²) in [5, 5.41) is 1.65. The average Bonchev–Trinajstić information content (AvgIpc) is 2.88. The van der Waals surface area contributed by atoms with E-state index in [-0.39, 0.29) is 11.9 Å². The summed E-state index contributed by atoms with van der Waals surface area (Å²) >= 11 is 0. The molecule has 2 rings (SSSR count). The molecule has 0 aromatic carbocycles. The van der Waals surface area contributed by atoms with Gasteiger partial charge in [-0.1, -0.05) is 6.92 Å². The second kappa shape index (κ2) is 3.05. The van der Waals surface area contributed by atoms with E-state index >= 15 is 0 Å². The van der Waals surface area contributed by atoms with Gasteiger partial charge in [0.1, 0.15) is 0 Å². The van der Waals surface area contributed by atoms with Crippen LogP contribution in [0.2, 0.25) is 0 Å². The Labute approximate surface area is 78.3 Å². The smallest absolute Gasteiger partial charge is 0.335 e. The summed E-state index contributed by atoms with van der Waals surface area (Å²) in [5.74, 6) is 0.00861. The van der Waals surface area contributed by atoms with Gasteiger partial charge in [-0.05, 0) is 24.8 Å². The minimum atomic E-state index is -0.0741. The van der Waals surface area contributed by atoms with Gasteiger partial charge in [-0.3, -0.25) is 0 Å². The topological polar surface area (TPSA) is 29.5 Å². The quantitative estimate of drug-likeness (QED) is 0.618. The molecule has 1 heterocycles. The van der Waals surface area contributed by atoms with Crippen molar-refractivity contribution in [2.24, 2.45) is 5.92 Å². The molecular weight excluding hydrogens is 166 g/mol. The van der Waals surface area contributed by atoms with Crippen LogP contribution >= 0.6 is 0 Å². The van der Waals surface area contributed by atoms with Crippen LogP contribution in [0.4, 0.5) is 0 Å². The fraction of sp³-hybridized carbons (Fsp3) is 0.700. The maximum atomic E-state index is 11.3. The van der Waals surface area contributed by atoms with Crippen molar-refractivity contribution in [3.05, 3.63) is 11.3 Å². The van der Waals surface area contributed by atoms with E-state index in [4.69, 9.17) is 4.84 Å². The standard InChI is InChI=1S/C10H15NO2/c1-3-7-6-9(8-4-5-8)11(2)13-10(7)12/h7H,3-6H2,1-2H3. The third kappa shape index (κ3) is 1.55. The predicted molar refractivity (Wildman–Crippen MR) is 48.5 cm³/mol. The summed E-state index contributed by atoms with van der Waals surface area (Å²) in [7, 11) is 1.82. The molecule has 0 bridgehead atoms. The SMILES string of the molecule is CCC1CC(=C2CC2)N(C)OC1=O. The average molecular weight is 181 g/mol. The monoisotopic (exact) mass is 181 g/mol. The van der Waals surface area contributed by atoms with Gasteiger partial charge in [0.05, 0.1) is 11.6 Å². The number of rotatable bonds is 1. The molecule has 0 aromatic heterocycles. The second-order valence-corrected chi connectivity index (χ2v) is 3.77. The lowest BCUT2D eigenvalue weighted by Crippen LogP contribution is -2.34. The van der Waals surface area contributed by atoms with Gasteiger partial charge >= 0.3 is 5.97 Å². The Morgan fingerprint density at radius 1 is 1.54 bits per heavy atom. The van der Waals surface area contributed by atoms with Crippen molar-refractivity contribution in [2.45, 2.75) is 32.6 Å². The molecule has 1 saturated carbocycles. The van der Waals surface area contributed by atoms with Crippen LogP contribution in [0.3, 0.4) is 0 Å². The summed E-state index contributed by atoms with van der Waals surface area (Å²) in [6.07, 6.45) is 4.13. The summed E-state index contributed by atoms with van der Waals surface area (Å²) in [6.45, 7) is 2.03. The number of carbonyl (C=O) groups is 1. The van der Waals surface area contributed by atoms with E-state index in [1.165, 1.54) is 24.1 Å². The summed E-state index contributed by atoms with van der Waals surface area (Å²) in [5.41, 5.74) is 2.71. The predicted octanol–water partition coefficient (Wildman–Crippen LogP) is 1.85. The summed E-state index contributed by atoms with van der Waals surface area (Å²) < 4.78 is 0. The molecule has 2 fully saturated rings. The zero-order valence-electron chi connectivity index (χ0n) is 8.17. The maximum Gasteiger partial charge on any atom is 0.335 e. The van der Waals surface area contributed by atoms with Crippen LogP contribution in [0.5, 0.6) is 0 Å². The number of hydroxylamine groups is 2. The van der Waals surface area contributed by atoms with Crippen LogP contribution in [0.25, 0.3) is 0 Å². The van der Waals surface area contributed by atoms with E-state index in [1.54, 1.807) is 5.06 Å². The normalized spacial score (nSPS) is 27.7. The largest absolute Gasteiger partial charge is 0.341 e. The van der Waals surface area contributed by atoms with Gasteiger partial charge < -0.3 is 4.84 Å². The van der Waals surface area contributed by atoms with Gasteiger partial charge in [-0.2, -0.15) is 0 Å². The number of carbonyl (C=O) groups excluding carboxylic acids is 1. The fourth-order valence-corrected chi connectivity index (χ4v) is 1.74. The van der Waals surface area contributed by atoms with E-state index in [2.05, 4.69) is 0 Å². The Morgan fingerprint density at radius 2 is 2.23 bits per heavy atom. The van der Waals surface area contributed by atoms with Gasteiger partial charge in [0.2, 0.25) is 0 Å². The first kappa shape index (κ1) is 8.60. The van der Waals surface area contributed by atoms with Gasteiger partial charge in [-0.25, -0.2) is 9.86 Å². The Bertz CT molecular complexity index is 264. The van der Waals surface area contributed by atoms with Crippen molar-refractivity contribution >= 4 is 5.97 Å². The Morgan fingerprint density at radius 3 is 2.77 bits per heavy atom. The minimum Gasteiger partial charge on any atom is -0.341 e. The lowest BCUT2D eigenvalue weighted by Gasteiger charge is -2.30. The molecule has 1 saturated heterocycles. The molecule has 3 heteroatoms. The van der Waals surface area contributed by atoms with E-state index in [1.807, 2.05) is 14.0 Å². The zero-order valence-corrected chi connectivity index (χ0v) is 8.17. The number of allylic oxidation sites excluding steroid dienone is 2. The van der Waals surface area contributed by atoms with Crippen LogP contribution in [0.1, 0.15) is 32.6 Å². The van der Waals surface area contributed by atoms with E-state index in [9.17, 15) is 4.79 Å². The summed E-state index contributed by atoms with van der Waals surface area (Å²) in [4.78, 5) is 16.5. The van der Waals surface area contributed by atoms with E-state index in [0.29, 0.717) is 0 Å². The Hall–Kier alpha value is -0.990. The molecule has 1 unspecified atom stereocenters. The first-order valence-electron chi connectivity index (χ1n) is 4.88. The van der Waals surface area contributed by atoms with Crippen LogP contribution in [0.15, 0.2) is 11.3 Å². The van der Waals surface area contributed by atoms with Gasteiger partial charge in [-0.15, -0.1) is 0 Å². The molecule has 0 radical (unpaired) electrons.